The molecule has 1 heterocycles. The summed E-state index contributed by atoms with van der Waals surface area (Å²) in [5, 5.41) is 4.00. The maximum absolute atomic E-state index is 11.8. The number of hydrogen-bond acceptors (Lipinski definition) is 3. The highest BCUT2D eigenvalue weighted by molar-refractivity contribution is 6.10. The monoisotopic (exact) mass is 192 g/mol. The molecule has 14 heavy (non-hydrogen) atoms. The number of hydrogen-bond donors (Lipinski definition) is 0. The van der Waals surface area contributed by atoms with Crippen LogP contribution in [0.5, 0.6) is 0 Å². The molecule has 0 spiro atoms. The van der Waals surface area contributed by atoms with Crippen LogP contribution in [-0.4, -0.2) is 21.3 Å². The Hall–Kier alpha value is -1.45. The predicted octanol–water partition coefficient (Wildman–Crippen LogP) is 0.972. The third kappa shape index (κ3) is 1.47. The molecule has 2 rings (SSSR count). The third-order valence-corrected chi connectivity index (χ3v) is 2.59. The lowest BCUT2D eigenvalue weighted by atomic mass is 9.99. The molecule has 1 fully saturated rings. The quantitative estimate of drug-likeness (QED) is 0.518. The van der Waals surface area contributed by atoms with Crippen molar-refractivity contribution in [3.8, 4) is 0 Å². The fourth-order valence-corrected chi connectivity index (χ4v) is 1.82. The Bertz CT molecular complexity index is 381. The van der Waals surface area contributed by atoms with Crippen LogP contribution in [0.3, 0.4) is 0 Å². The van der Waals surface area contributed by atoms with Gasteiger partial charge >= 0.3 is 0 Å². The number of Topliss-reactive ketones (excluding diaryl/α,β-unsaturated/α-hetero) is 2. The van der Waals surface area contributed by atoms with Gasteiger partial charge in [0.25, 0.3) is 0 Å². The molecule has 1 atom stereocenters. The van der Waals surface area contributed by atoms with E-state index in [-0.39, 0.29) is 11.6 Å². The molecule has 0 radical (unpaired) electrons. The summed E-state index contributed by atoms with van der Waals surface area (Å²) >= 11 is 0. The molecule has 74 valence electrons. The van der Waals surface area contributed by atoms with E-state index >= 15 is 0 Å². The molecule has 0 bridgehead atoms. The van der Waals surface area contributed by atoms with Gasteiger partial charge in [-0.15, -0.1) is 0 Å². The minimum Gasteiger partial charge on any atom is -0.299 e. The van der Waals surface area contributed by atoms with Crippen molar-refractivity contribution in [1.82, 2.24) is 9.78 Å². The molecule has 0 amide bonds. The van der Waals surface area contributed by atoms with Gasteiger partial charge in [-0.2, -0.15) is 5.10 Å². The summed E-state index contributed by atoms with van der Waals surface area (Å²) in [6.07, 6.45) is 3.78. The topological polar surface area (TPSA) is 52.0 Å². The van der Waals surface area contributed by atoms with Gasteiger partial charge in [0.2, 0.25) is 0 Å². The van der Waals surface area contributed by atoms with Gasteiger partial charge < -0.3 is 0 Å². The van der Waals surface area contributed by atoms with Gasteiger partial charge in [0.1, 0.15) is 11.5 Å². The second-order valence-electron chi connectivity index (χ2n) is 3.65. The fourth-order valence-electron chi connectivity index (χ4n) is 1.82. The molecule has 1 aromatic heterocycles. The van der Waals surface area contributed by atoms with Gasteiger partial charge in [0, 0.05) is 19.7 Å². The standard InChI is InChI=1S/C10H12N2O2/c1-12-6-5-8(11-12)10(14)7-3-2-4-9(7)13/h5-7H,2-4H2,1H3. The number of ketones is 2. The summed E-state index contributed by atoms with van der Waals surface area (Å²) in [5.74, 6) is -0.473. The first-order valence-electron chi connectivity index (χ1n) is 4.75. The van der Waals surface area contributed by atoms with Crippen LogP contribution in [0.4, 0.5) is 0 Å². The van der Waals surface area contributed by atoms with Crippen LogP contribution < -0.4 is 0 Å². The van der Waals surface area contributed by atoms with E-state index in [9.17, 15) is 9.59 Å². The molecule has 4 heteroatoms. The highest BCUT2D eigenvalue weighted by atomic mass is 16.2. The maximum Gasteiger partial charge on any atom is 0.193 e. The Kier molecular flexibility index (Phi) is 2.19. The van der Waals surface area contributed by atoms with E-state index in [1.807, 2.05) is 0 Å². The summed E-state index contributed by atoms with van der Waals surface area (Å²) in [6.45, 7) is 0. The van der Waals surface area contributed by atoms with Crippen LogP contribution in [-0.2, 0) is 11.8 Å². The minimum atomic E-state index is -0.426. The lowest BCUT2D eigenvalue weighted by Crippen LogP contribution is -2.19. The Labute approximate surface area is 81.9 Å². The van der Waals surface area contributed by atoms with Crippen LogP contribution >= 0.6 is 0 Å². The zero-order valence-corrected chi connectivity index (χ0v) is 8.06. The van der Waals surface area contributed by atoms with Crippen LogP contribution in [0.15, 0.2) is 12.3 Å². The second kappa shape index (κ2) is 3.36. The van der Waals surface area contributed by atoms with Gasteiger partial charge in [-0.05, 0) is 18.9 Å². The van der Waals surface area contributed by atoms with Gasteiger partial charge in [0.05, 0.1) is 5.92 Å². The van der Waals surface area contributed by atoms with E-state index in [1.165, 1.54) is 0 Å². The van der Waals surface area contributed by atoms with Crippen molar-refractivity contribution in [1.29, 1.82) is 0 Å². The Morgan fingerprint density at radius 1 is 1.64 bits per heavy atom. The van der Waals surface area contributed by atoms with E-state index in [1.54, 1.807) is 24.0 Å². The van der Waals surface area contributed by atoms with Crippen molar-refractivity contribution in [2.24, 2.45) is 13.0 Å². The maximum atomic E-state index is 11.8. The van der Waals surface area contributed by atoms with Crippen molar-refractivity contribution in [3.63, 3.8) is 0 Å². The molecular formula is C10H12N2O2. The third-order valence-electron chi connectivity index (χ3n) is 2.59. The van der Waals surface area contributed by atoms with E-state index < -0.39 is 5.92 Å². The minimum absolute atomic E-state index is 0.0700. The SMILES string of the molecule is Cn1ccc(C(=O)C2CCCC2=O)n1. The number of aromatic nitrogens is 2. The number of carbonyl (C=O) groups excluding carboxylic acids is 2. The first-order chi connectivity index (χ1) is 6.68. The first-order valence-corrected chi connectivity index (χ1v) is 4.75. The molecule has 1 unspecified atom stereocenters. The predicted molar refractivity (Wildman–Crippen MR) is 49.9 cm³/mol. The first kappa shape index (κ1) is 9.12. The number of carbonyl (C=O) groups is 2. The fraction of sp³-hybridized carbons (Fsp3) is 0.500. The van der Waals surface area contributed by atoms with Crippen molar-refractivity contribution in [3.05, 3.63) is 18.0 Å². The summed E-state index contributed by atoms with van der Waals surface area (Å²) in [7, 11) is 1.76. The van der Waals surface area contributed by atoms with Gasteiger partial charge in [-0.1, -0.05) is 0 Å². The molecule has 0 aromatic carbocycles. The molecule has 1 saturated carbocycles. The number of nitrogens with zero attached hydrogens (tertiary/aromatic N) is 2. The number of rotatable bonds is 2. The lowest BCUT2D eigenvalue weighted by Gasteiger charge is -2.02. The molecule has 1 aliphatic rings. The largest absolute Gasteiger partial charge is 0.299 e. The van der Waals surface area contributed by atoms with Crippen LogP contribution in [0, 0.1) is 5.92 Å². The summed E-state index contributed by atoms with van der Waals surface area (Å²) in [6, 6.07) is 1.66. The summed E-state index contributed by atoms with van der Waals surface area (Å²) < 4.78 is 1.58. The van der Waals surface area contributed by atoms with Gasteiger partial charge in [0.15, 0.2) is 5.78 Å². The van der Waals surface area contributed by atoms with Crippen molar-refractivity contribution in [2.75, 3.05) is 0 Å². The highest BCUT2D eigenvalue weighted by Crippen LogP contribution is 2.24. The average Bonchev–Trinajstić information content (AvgIpc) is 2.73. The van der Waals surface area contributed by atoms with Gasteiger partial charge in [-0.25, -0.2) is 0 Å². The normalized spacial score (nSPS) is 21.5. The molecule has 0 N–H and O–H groups in total. The van der Waals surface area contributed by atoms with Crippen LogP contribution in [0.25, 0.3) is 0 Å². The number of aryl methyl sites for hydroxylation is 1. The molecular weight excluding hydrogens is 180 g/mol. The van der Waals surface area contributed by atoms with Gasteiger partial charge in [-0.3, -0.25) is 14.3 Å². The molecule has 0 saturated heterocycles. The Balaban J connectivity index is 2.19. The van der Waals surface area contributed by atoms with Crippen molar-refractivity contribution >= 4 is 11.6 Å². The summed E-state index contributed by atoms with van der Waals surface area (Å²) in [4.78, 5) is 23.1. The zero-order valence-electron chi connectivity index (χ0n) is 8.06. The highest BCUT2D eigenvalue weighted by Gasteiger charge is 2.32. The average molecular weight is 192 g/mol. The van der Waals surface area contributed by atoms with E-state index in [0.29, 0.717) is 18.5 Å². The second-order valence-corrected chi connectivity index (χ2v) is 3.65. The summed E-state index contributed by atoms with van der Waals surface area (Å²) in [5.41, 5.74) is 0.410. The lowest BCUT2D eigenvalue weighted by molar-refractivity contribution is -0.119. The zero-order chi connectivity index (χ0) is 10.1. The van der Waals surface area contributed by atoms with Crippen LogP contribution in [0.1, 0.15) is 29.8 Å². The molecule has 4 nitrogen and oxygen atoms in total. The van der Waals surface area contributed by atoms with E-state index in [2.05, 4.69) is 5.10 Å². The van der Waals surface area contributed by atoms with E-state index in [4.69, 9.17) is 0 Å². The smallest absolute Gasteiger partial charge is 0.193 e. The van der Waals surface area contributed by atoms with Crippen molar-refractivity contribution in [2.45, 2.75) is 19.3 Å². The Morgan fingerprint density at radius 2 is 2.43 bits per heavy atom. The van der Waals surface area contributed by atoms with Crippen molar-refractivity contribution < 1.29 is 9.59 Å². The molecule has 1 aromatic rings. The Morgan fingerprint density at radius 3 is 2.93 bits per heavy atom. The molecule has 0 aliphatic heterocycles. The molecule has 1 aliphatic carbocycles. The van der Waals surface area contributed by atoms with E-state index in [0.717, 1.165) is 6.42 Å². The van der Waals surface area contributed by atoms with Crippen LogP contribution in [0.2, 0.25) is 0 Å².